The SMILES string of the molecule is CCC(CC)Nc1nc(NCCN2CCCCC2)nc2c1ncn2[C@@H]1O[C@H](c2cc(C)no2)[C@@H](OC=O)[C@H]1OC=O. The highest BCUT2D eigenvalue weighted by molar-refractivity contribution is 5.84. The summed E-state index contributed by atoms with van der Waals surface area (Å²) in [5.74, 6) is 1.38. The van der Waals surface area contributed by atoms with Crippen molar-refractivity contribution in [3.05, 3.63) is 23.8 Å². The molecule has 41 heavy (non-hydrogen) atoms. The molecule has 0 aromatic carbocycles. The van der Waals surface area contributed by atoms with E-state index in [9.17, 15) is 9.59 Å². The van der Waals surface area contributed by atoms with E-state index in [-0.39, 0.29) is 6.04 Å². The number of likely N-dealkylation sites (tertiary alicyclic amines) is 1. The van der Waals surface area contributed by atoms with Gasteiger partial charge in [0, 0.05) is 25.2 Å². The van der Waals surface area contributed by atoms with Gasteiger partial charge in [0.15, 0.2) is 47.3 Å². The lowest BCUT2D eigenvalue weighted by Gasteiger charge is -2.26. The second-order valence-electron chi connectivity index (χ2n) is 10.4. The zero-order valence-corrected chi connectivity index (χ0v) is 23.7. The van der Waals surface area contributed by atoms with Crippen molar-refractivity contribution >= 4 is 35.9 Å². The van der Waals surface area contributed by atoms with Gasteiger partial charge >= 0.3 is 0 Å². The fourth-order valence-corrected chi connectivity index (χ4v) is 5.51. The maximum Gasteiger partial charge on any atom is 0.293 e. The van der Waals surface area contributed by atoms with Gasteiger partial charge in [0.2, 0.25) is 5.95 Å². The van der Waals surface area contributed by atoms with Gasteiger partial charge in [0.1, 0.15) is 0 Å². The summed E-state index contributed by atoms with van der Waals surface area (Å²) in [5, 5.41) is 10.8. The molecule has 0 radical (unpaired) electrons. The number of hydrogen-bond acceptors (Lipinski definition) is 13. The molecule has 2 saturated heterocycles. The van der Waals surface area contributed by atoms with Crippen LogP contribution in [0.4, 0.5) is 11.8 Å². The van der Waals surface area contributed by atoms with E-state index < -0.39 is 24.5 Å². The van der Waals surface area contributed by atoms with Crippen LogP contribution in [0.2, 0.25) is 0 Å². The Morgan fingerprint density at radius 1 is 1.10 bits per heavy atom. The van der Waals surface area contributed by atoms with Crippen LogP contribution in [-0.2, 0) is 23.8 Å². The molecule has 2 N–H and O–H groups in total. The van der Waals surface area contributed by atoms with Crippen molar-refractivity contribution in [2.75, 3.05) is 36.8 Å². The molecule has 0 unspecified atom stereocenters. The summed E-state index contributed by atoms with van der Waals surface area (Å²) in [5.41, 5.74) is 1.64. The molecule has 5 heterocycles. The second-order valence-corrected chi connectivity index (χ2v) is 10.4. The number of imidazole rings is 1. The van der Waals surface area contributed by atoms with E-state index in [0.29, 0.717) is 53.9 Å². The number of aryl methyl sites for hydroxylation is 1. The lowest BCUT2D eigenvalue weighted by Crippen LogP contribution is -2.34. The fourth-order valence-electron chi connectivity index (χ4n) is 5.51. The number of fused-ring (bicyclic) bond motifs is 1. The summed E-state index contributed by atoms with van der Waals surface area (Å²) >= 11 is 0. The normalized spacial score (nSPS) is 23.1. The van der Waals surface area contributed by atoms with Crippen LogP contribution in [0, 0.1) is 6.92 Å². The first-order valence-corrected chi connectivity index (χ1v) is 14.3. The number of nitrogens with one attached hydrogen (secondary N) is 2. The number of ether oxygens (including phenoxy) is 3. The maximum atomic E-state index is 11.5. The molecule has 2 fully saturated rings. The van der Waals surface area contributed by atoms with Crippen LogP contribution < -0.4 is 10.6 Å². The third kappa shape index (κ3) is 6.27. The van der Waals surface area contributed by atoms with E-state index in [0.717, 1.165) is 32.5 Å². The highest BCUT2D eigenvalue weighted by Crippen LogP contribution is 2.43. The summed E-state index contributed by atoms with van der Waals surface area (Å²) in [6.07, 6.45) is 3.31. The number of aromatic nitrogens is 5. The zero-order valence-electron chi connectivity index (χ0n) is 23.7. The lowest BCUT2D eigenvalue weighted by molar-refractivity contribution is -0.151. The second kappa shape index (κ2) is 13.3. The van der Waals surface area contributed by atoms with Crippen LogP contribution in [0.3, 0.4) is 0 Å². The van der Waals surface area contributed by atoms with Crippen LogP contribution in [0.5, 0.6) is 0 Å². The molecule has 2 aliphatic rings. The van der Waals surface area contributed by atoms with Gasteiger partial charge in [0.05, 0.1) is 12.0 Å². The quantitative estimate of drug-likeness (QED) is 0.273. The number of anilines is 2. The van der Waals surface area contributed by atoms with Gasteiger partial charge in [-0.05, 0) is 45.7 Å². The first kappa shape index (κ1) is 28.7. The number of carbonyl (C=O) groups is 2. The summed E-state index contributed by atoms with van der Waals surface area (Å²) in [7, 11) is 0. The third-order valence-electron chi connectivity index (χ3n) is 7.72. The predicted molar refractivity (Wildman–Crippen MR) is 148 cm³/mol. The van der Waals surface area contributed by atoms with Gasteiger partial charge in [-0.25, -0.2) is 4.98 Å². The summed E-state index contributed by atoms with van der Waals surface area (Å²) in [6.45, 7) is 10.4. The number of hydrogen-bond donors (Lipinski definition) is 2. The monoisotopic (exact) mass is 570 g/mol. The average Bonchev–Trinajstić information content (AvgIpc) is 3.70. The van der Waals surface area contributed by atoms with Crippen LogP contribution in [0.1, 0.15) is 69.7 Å². The Bertz CT molecular complexity index is 1300. The van der Waals surface area contributed by atoms with Crippen molar-refractivity contribution in [3.8, 4) is 0 Å². The van der Waals surface area contributed by atoms with Crippen LogP contribution in [-0.4, -0.2) is 86.9 Å². The maximum absolute atomic E-state index is 11.5. The number of nitrogens with zero attached hydrogens (tertiary/aromatic N) is 6. The Morgan fingerprint density at radius 2 is 1.85 bits per heavy atom. The van der Waals surface area contributed by atoms with E-state index in [2.05, 4.69) is 39.5 Å². The topological polar surface area (TPSA) is 159 Å². The molecular weight excluding hydrogens is 532 g/mol. The van der Waals surface area contributed by atoms with Crippen LogP contribution in [0.15, 0.2) is 16.9 Å². The largest absolute Gasteiger partial charge is 0.457 e. The molecule has 0 spiro atoms. The Labute approximate surface area is 238 Å². The third-order valence-corrected chi connectivity index (χ3v) is 7.72. The number of piperidine rings is 1. The minimum Gasteiger partial charge on any atom is -0.457 e. The average molecular weight is 571 g/mol. The van der Waals surface area contributed by atoms with Crippen LogP contribution in [0.25, 0.3) is 11.2 Å². The molecule has 0 saturated carbocycles. The van der Waals surface area contributed by atoms with Crippen molar-refractivity contribution in [3.63, 3.8) is 0 Å². The smallest absolute Gasteiger partial charge is 0.293 e. The molecular formula is C27H38N8O6. The minimum absolute atomic E-state index is 0.192. The van der Waals surface area contributed by atoms with Gasteiger partial charge < -0.3 is 34.3 Å². The Kier molecular flexibility index (Phi) is 9.29. The van der Waals surface area contributed by atoms with E-state index in [1.54, 1.807) is 23.9 Å². The molecule has 14 heteroatoms. The Balaban J connectivity index is 1.49. The van der Waals surface area contributed by atoms with E-state index in [4.69, 9.17) is 28.7 Å². The molecule has 3 aromatic rings. The van der Waals surface area contributed by atoms with Gasteiger partial charge in [-0.2, -0.15) is 9.97 Å². The lowest BCUT2D eigenvalue weighted by atomic mass is 10.1. The van der Waals surface area contributed by atoms with Gasteiger partial charge in [-0.15, -0.1) is 0 Å². The van der Waals surface area contributed by atoms with Crippen molar-refractivity contribution in [1.82, 2.24) is 29.6 Å². The van der Waals surface area contributed by atoms with Gasteiger partial charge in [0.25, 0.3) is 12.9 Å². The first-order chi connectivity index (χ1) is 20.1. The zero-order chi connectivity index (χ0) is 28.8. The Morgan fingerprint density at radius 3 is 2.54 bits per heavy atom. The summed E-state index contributed by atoms with van der Waals surface area (Å²) in [4.78, 5) is 39.6. The molecule has 3 aromatic heterocycles. The number of carbonyl (C=O) groups excluding carboxylic acids is 2. The van der Waals surface area contributed by atoms with Crippen molar-refractivity contribution < 1.29 is 28.3 Å². The molecule has 4 atom stereocenters. The van der Waals surface area contributed by atoms with E-state index in [1.807, 2.05) is 0 Å². The van der Waals surface area contributed by atoms with Gasteiger partial charge in [-0.1, -0.05) is 25.4 Å². The van der Waals surface area contributed by atoms with Gasteiger partial charge in [-0.3, -0.25) is 14.2 Å². The highest BCUT2D eigenvalue weighted by Gasteiger charge is 2.51. The molecule has 0 bridgehead atoms. The standard InChI is InChI=1S/C27H38N8O6/c1-4-18(5-2)30-24-20-25(32-27(31-24)28-9-12-34-10-7-6-8-11-34)35(14-29-20)26-23(39-16-37)22(38-15-36)21(40-26)19-13-17(3)33-41-19/h13-16,18,21-23,26H,4-12H2,1-3H3,(H2,28,30,31,32)/t21-,22-,23-,26-/m1/s1. The van der Waals surface area contributed by atoms with E-state index >= 15 is 0 Å². The molecule has 222 valence electrons. The minimum atomic E-state index is -1.01. The number of rotatable bonds is 14. The summed E-state index contributed by atoms with van der Waals surface area (Å²) in [6, 6.07) is 1.88. The van der Waals surface area contributed by atoms with Crippen LogP contribution >= 0.6 is 0 Å². The molecule has 0 amide bonds. The fraction of sp³-hybridized carbons (Fsp3) is 0.630. The van der Waals surface area contributed by atoms with Crippen molar-refractivity contribution in [2.24, 2.45) is 0 Å². The molecule has 2 aliphatic heterocycles. The first-order valence-electron chi connectivity index (χ1n) is 14.3. The molecule has 0 aliphatic carbocycles. The molecule has 14 nitrogen and oxygen atoms in total. The predicted octanol–water partition coefficient (Wildman–Crippen LogP) is 2.97. The highest BCUT2D eigenvalue weighted by atomic mass is 16.6. The molecule has 5 rings (SSSR count). The van der Waals surface area contributed by atoms with E-state index in [1.165, 1.54) is 19.3 Å². The summed E-state index contributed by atoms with van der Waals surface area (Å²) < 4.78 is 24.2. The Hall–Kier alpha value is -3.78. The van der Waals surface area contributed by atoms with Crippen molar-refractivity contribution in [2.45, 2.75) is 83.5 Å². The van der Waals surface area contributed by atoms with Crippen molar-refractivity contribution in [1.29, 1.82) is 0 Å².